The van der Waals surface area contributed by atoms with Crippen molar-refractivity contribution in [1.82, 2.24) is 9.78 Å². The lowest BCUT2D eigenvalue weighted by Crippen LogP contribution is -2.45. The van der Waals surface area contributed by atoms with E-state index in [1.807, 2.05) is 0 Å². The predicted molar refractivity (Wildman–Crippen MR) is 124 cm³/mol. The van der Waals surface area contributed by atoms with E-state index in [0.29, 0.717) is 31.2 Å². The Labute approximate surface area is 196 Å². The Morgan fingerprint density at radius 2 is 1.94 bits per heavy atom. The highest BCUT2D eigenvalue weighted by Crippen LogP contribution is 2.56. The molecule has 3 aromatic rings. The first kappa shape index (κ1) is 22.5. The van der Waals surface area contributed by atoms with Gasteiger partial charge in [0.2, 0.25) is 0 Å². The number of carboxylic acids is 1. The lowest BCUT2D eigenvalue weighted by atomic mass is 9.65. The number of aliphatic hydroxyl groups is 1. The fraction of sp³-hybridized carbons (Fsp3) is 0.333. The Bertz CT molecular complexity index is 1300. The SMILES string of the molecule is C[C@]12Cc3cnn(-c4ccc(F)cc4)c3C=C1CC[C@@]2(O)CCc1cccc(F)c1CC(=O)O. The number of carboxylic acid groups (broad SMARTS) is 1. The maximum atomic E-state index is 14.3. The molecule has 0 bridgehead atoms. The highest BCUT2D eigenvalue weighted by atomic mass is 19.1. The van der Waals surface area contributed by atoms with Crippen molar-refractivity contribution in [2.45, 2.75) is 51.0 Å². The summed E-state index contributed by atoms with van der Waals surface area (Å²) in [5.41, 5.74) is 3.15. The number of benzene rings is 2. The fourth-order valence-corrected chi connectivity index (χ4v) is 5.65. The van der Waals surface area contributed by atoms with Crippen LogP contribution in [0.3, 0.4) is 0 Å². The zero-order valence-corrected chi connectivity index (χ0v) is 18.9. The smallest absolute Gasteiger partial charge is 0.307 e. The van der Waals surface area contributed by atoms with E-state index in [1.54, 1.807) is 35.1 Å². The van der Waals surface area contributed by atoms with E-state index in [4.69, 9.17) is 0 Å². The van der Waals surface area contributed by atoms with Gasteiger partial charge < -0.3 is 10.2 Å². The van der Waals surface area contributed by atoms with Gasteiger partial charge in [0.1, 0.15) is 11.6 Å². The molecular formula is C27H26F2N2O3. The molecule has 176 valence electrons. The average Bonchev–Trinajstić information content (AvgIpc) is 3.31. The Morgan fingerprint density at radius 1 is 1.18 bits per heavy atom. The van der Waals surface area contributed by atoms with Crippen molar-refractivity contribution in [2.75, 3.05) is 0 Å². The lowest BCUT2D eigenvalue weighted by molar-refractivity contribution is -0.136. The second-order valence-corrected chi connectivity index (χ2v) is 9.60. The van der Waals surface area contributed by atoms with Crippen LogP contribution in [0.15, 0.2) is 54.2 Å². The van der Waals surface area contributed by atoms with E-state index in [1.165, 1.54) is 18.2 Å². The second-order valence-electron chi connectivity index (χ2n) is 9.60. The molecule has 0 spiro atoms. The quantitative estimate of drug-likeness (QED) is 0.545. The van der Waals surface area contributed by atoms with Gasteiger partial charge in [-0.1, -0.05) is 24.6 Å². The van der Waals surface area contributed by atoms with Crippen LogP contribution in [0.2, 0.25) is 0 Å². The average molecular weight is 465 g/mol. The summed E-state index contributed by atoms with van der Waals surface area (Å²) >= 11 is 0. The third-order valence-corrected chi connectivity index (χ3v) is 7.71. The lowest BCUT2D eigenvalue weighted by Gasteiger charge is -2.42. The van der Waals surface area contributed by atoms with Crippen molar-refractivity contribution in [1.29, 1.82) is 0 Å². The van der Waals surface area contributed by atoms with Crippen molar-refractivity contribution in [3.05, 3.63) is 88.3 Å². The summed E-state index contributed by atoms with van der Waals surface area (Å²) in [6.07, 6.45) is 6.21. The molecule has 2 N–H and O–H groups in total. The molecule has 0 unspecified atom stereocenters. The molecule has 2 atom stereocenters. The van der Waals surface area contributed by atoms with Gasteiger partial charge in [0.25, 0.3) is 0 Å². The third kappa shape index (κ3) is 3.64. The second kappa shape index (κ2) is 8.17. The summed E-state index contributed by atoms with van der Waals surface area (Å²) in [7, 11) is 0. The van der Waals surface area contributed by atoms with Crippen LogP contribution < -0.4 is 0 Å². The Morgan fingerprint density at radius 3 is 2.68 bits per heavy atom. The molecule has 34 heavy (non-hydrogen) atoms. The van der Waals surface area contributed by atoms with Crippen LogP contribution in [0.1, 0.15) is 48.6 Å². The van der Waals surface area contributed by atoms with Gasteiger partial charge in [-0.2, -0.15) is 5.10 Å². The summed E-state index contributed by atoms with van der Waals surface area (Å²) in [6.45, 7) is 2.06. The maximum Gasteiger partial charge on any atom is 0.307 e. The van der Waals surface area contributed by atoms with Gasteiger partial charge in [0.05, 0.1) is 29.6 Å². The van der Waals surface area contributed by atoms with Crippen LogP contribution in [-0.4, -0.2) is 31.6 Å². The fourth-order valence-electron chi connectivity index (χ4n) is 5.65. The van der Waals surface area contributed by atoms with Crippen molar-refractivity contribution < 1.29 is 23.8 Å². The molecule has 7 heteroatoms. The Hall–Kier alpha value is -3.32. The molecular weight excluding hydrogens is 438 g/mol. The van der Waals surface area contributed by atoms with Gasteiger partial charge in [-0.15, -0.1) is 0 Å². The number of halogens is 2. The van der Waals surface area contributed by atoms with Gasteiger partial charge in [0, 0.05) is 11.0 Å². The molecule has 1 aromatic heterocycles. The summed E-state index contributed by atoms with van der Waals surface area (Å²) < 4.78 is 29.5. The molecule has 1 fully saturated rings. The minimum Gasteiger partial charge on any atom is -0.481 e. The van der Waals surface area contributed by atoms with Crippen LogP contribution in [0.25, 0.3) is 11.8 Å². The molecule has 0 saturated heterocycles. The zero-order chi connectivity index (χ0) is 24.1. The van der Waals surface area contributed by atoms with Gasteiger partial charge >= 0.3 is 5.97 Å². The van der Waals surface area contributed by atoms with Crippen LogP contribution >= 0.6 is 0 Å². The number of aromatic nitrogens is 2. The molecule has 0 aliphatic heterocycles. The Balaban J connectivity index is 1.42. The van der Waals surface area contributed by atoms with Gasteiger partial charge in [-0.3, -0.25) is 4.79 Å². The summed E-state index contributed by atoms with van der Waals surface area (Å²) in [6, 6.07) is 10.8. The van der Waals surface area contributed by atoms with Crippen molar-refractivity contribution in [3.8, 4) is 5.69 Å². The van der Waals surface area contributed by atoms with Crippen LogP contribution in [-0.2, 0) is 24.1 Å². The normalized spacial score (nSPS) is 23.4. The third-order valence-electron chi connectivity index (χ3n) is 7.71. The first-order valence-corrected chi connectivity index (χ1v) is 11.4. The van der Waals surface area contributed by atoms with Crippen molar-refractivity contribution >= 4 is 12.0 Å². The first-order valence-electron chi connectivity index (χ1n) is 11.4. The maximum absolute atomic E-state index is 14.3. The molecule has 1 heterocycles. The number of aliphatic carboxylic acids is 1. The number of rotatable bonds is 6. The largest absolute Gasteiger partial charge is 0.481 e. The van der Waals surface area contributed by atoms with Gasteiger partial charge in [-0.05, 0) is 79.6 Å². The van der Waals surface area contributed by atoms with E-state index in [9.17, 15) is 23.8 Å². The molecule has 2 aliphatic carbocycles. The number of nitrogens with zero attached hydrogens (tertiary/aromatic N) is 2. The monoisotopic (exact) mass is 464 g/mol. The molecule has 5 rings (SSSR count). The predicted octanol–water partition coefficient (Wildman–Crippen LogP) is 4.88. The van der Waals surface area contributed by atoms with Gasteiger partial charge in [0.15, 0.2) is 0 Å². The van der Waals surface area contributed by atoms with Crippen LogP contribution in [0.4, 0.5) is 8.78 Å². The standard InChI is InChI=1S/C27H26F2N2O3/c1-26-15-18-16-30-31(21-7-5-20(28)6-8-21)24(18)13-19(26)10-12-27(26,34)11-9-17-3-2-4-23(29)22(17)14-25(32)33/h2-8,13,16,34H,9-12,14-15H2,1H3,(H,32,33)/t26-,27-/m0/s1. The molecule has 2 aromatic carbocycles. The summed E-state index contributed by atoms with van der Waals surface area (Å²) in [5, 5.41) is 25.5. The highest BCUT2D eigenvalue weighted by Gasteiger charge is 2.54. The van der Waals surface area contributed by atoms with Crippen molar-refractivity contribution in [3.63, 3.8) is 0 Å². The minimum atomic E-state index is -1.08. The summed E-state index contributed by atoms with van der Waals surface area (Å²) in [5.74, 6) is -1.91. The first-order chi connectivity index (χ1) is 16.2. The van der Waals surface area contributed by atoms with E-state index in [-0.39, 0.29) is 17.8 Å². The molecule has 5 nitrogen and oxygen atoms in total. The number of carbonyl (C=O) groups is 1. The zero-order valence-electron chi connectivity index (χ0n) is 18.9. The summed E-state index contributed by atoms with van der Waals surface area (Å²) in [4.78, 5) is 11.2. The highest BCUT2D eigenvalue weighted by molar-refractivity contribution is 5.71. The molecule has 0 amide bonds. The number of hydrogen-bond donors (Lipinski definition) is 2. The van der Waals surface area contributed by atoms with Crippen LogP contribution in [0.5, 0.6) is 0 Å². The topological polar surface area (TPSA) is 75.3 Å². The number of aryl methyl sites for hydroxylation is 1. The molecule has 2 aliphatic rings. The Kier molecular flexibility index (Phi) is 5.40. The van der Waals surface area contributed by atoms with E-state index in [0.717, 1.165) is 28.9 Å². The minimum absolute atomic E-state index is 0.184. The van der Waals surface area contributed by atoms with E-state index >= 15 is 0 Å². The number of fused-ring (bicyclic) bond motifs is 2. The van der Waals surface area contributed by atoms with Crippen molar-refractivity contribution in [2.24, 2.45) is 5.41 Å². The van der Waals surface area contributed by atoms with E-state index < -0.39 is 22.8 Å². The van der Waals surface area contributed by atoms with Gasteiger partial charge in [-0.25, -0.2) is 13.5 Å². The molecule has 0 radical (unpaired) electrons. The van der Waals surface area contributed by atoms with E-state index in [2.05, 4.69) is 18.1 Å². The molecule has 1 saturated carbocycles. The number of hydrogen-bond acceptors (Lipinski definition) is 3. The van der Waals surface area contributed by atoms with Crippen LogP contribution in [0, 0.1) is 17.0 Å².